The highest BCUT2D eigenvalue weighted by Gasteiger charge is 2.14. The molecular formula is C20H22N4O2. The van der Waals surface area contributed by atoms with Crippen LogP contribution < -0.4 is 10.6 Å². The Balaban J connectivity index is 1.82. The van der Waals surface area contributed by atoms with Crippen molar-refractivity contribution in [2.75, 3.05) is 6.54 Å². The number of aromatic nitrogens is 2. The van der Waals surface area contributed by atoms with E-state index >= 15 is 0 Å². The van der Waals surface area contributed by atoms with Gasteiger partial charge in [0.25, 0.3) is 5.91 Å². The Morgan fingerprint density at radius 3 is 2.65 bits per heavy atom. The van der Waals surface area contributed by atoms with E-state index in [2.05, 4.69) is 15.6 Å². The Hall–Kier alpha value is -3.15. The number of hydrogen-bond acceptors (Lipinski definition) is 3. The first-order valence-electron chi connectivity index (χ1n) is 8.64. The van der Waals surface area contributed by atoms with Crippen molar-refractivity contribution in [3.8, 4) is 0 Å². The molecule has 0 unspecified atom stereocenters. The third kappa shape index (κ3) is 3.91. The van der Waals surface area contributed by atoms with Crippen LogP contribution in [0.3, 0.4) is 0 Å². The molecule has 0 saturated heterocycles. The minimum atomic E-state index is -0.162. The summed E-state index contributed by atoms with van der Waals surface area (Å²) >= 11 is 0. The third-order valence-corrected chi connectivity index (χ3v) is 4.10. The topological polar surface area (TPSA) is 76.0 Å². The van der Waals surface area contributed by atoms with Gasteiger partial charge in [0.1, 0.15) is 12.4 Å². The van der Waals surface area contributed by atoms with Gasteiger partial charge in [-0.25, -0.2) is 4.98 Å². The molecule has 0 aliphatic carbocycles. The van der Waals surface area contributed by atoms with E-state index in [0.717, 1.165) is 16.6 Å². The maximum Gasteiger partial charge on any atom is 0.251 e. The van der Waals surface area contributed by atoms with Crippen molar-refractivity contribution in [2.24, 2.45) is 0 Å². The first kappa shape index (κ1) is 17.7. The van der Waals surface area contributed by atoms with Crippen molar-refractivity contribution < 1.29 is 9.59 Å². The lowest BCUT2D eigenvalue weighted by atomic mass is 10.1. The molecule has 0 radical (unpaired) electrons. The minimum Gasteiger partial charge on any atom is -0.355 e. The zero-order valence-electron chi connectivity index (χ0n) is 15.0. The van der Waals surface area contributed by atoms with Crippen LogP contribution in [0.5, 0.6) is 0 Å². The van der Waals surface area contributed by atoms with Gasteiger partial charge in [-0.3, -0.25) is 9.59 Å². The van der Waals surface area contributed by atoms with Crippen molar-refractivity contribution >= 4 is 22.8 Å². The molecule has 2 N–H and O–H groups in total. The van der Waals surface area contributed by atoms with E-state index in [4.69, 9.17) is 0 Å². The second-order valence-corrected chi connectivity index (χ2v) is 6.11. The predicted octanol–water partition coefficient (Wildman–Crippen LogP) is 2.41. The van der Waals surface area contributed by atoms with E-state index in [-0.39, 0.29) is 24.9 Å². The van der Waals surface area contributed by atoms with Gasteiger partial charge in [0.2, 0.25) is 5.91 Å². The van der Waals surface area contributed by atoms with Crippen LogP contribution in [0.2, 0.25) is 0 Å². The van der Waals surface area contributed by atoms with Gasteiger partial charge >= 0.3 is 0 Å². The minimum absolute atomic E-state index is 0.0816. The zero-order valence-corrected chi connectivity index (χ0v) is 15.0. The number of fused-ring (bicyclic) bond motifs is 1. The summed E-state index contributed by atoms with van der Waals surface area (Å²) in [6.07, 6.45) is 0. The molecule has 0 saturated carbocycles. The van der Waals surface area contributed by atoms with Crippen LogP contribution in [-0.4, -0.2) is 27.9 Å². The van der Waals surface area contributed by atoms with Crippen LogP contribution in [-0.2, 0) is 17.9 Å². The summed E-state index contributed by atoms with van der Waals surface area (Å²) in [5.74, 6) is 0.408. The van der Waals surface area contributed by atoms with E-state index in [1.807, 2.05) is 60.9 Å². The average molecular weight is 350 g/mol. The van der Waals surface area contributed by atoms with Gasteiger partial charge in [-0.15, -0.1) is 0 Å². The molecule has 6 nitrogen and oxygen atoms in total. The largest absolute Gasteiger partial charge is 0.355 e. The second-order valence-electron chi connectivity index (χ2n) is 6.11. The van der Waals surface area contributed by atoms with Crippen molar-refractivity contribution in [2.45, 2.75) is 26.9 Å². The number of amides is 2. The predicted molar refractivity (Wildman–Crippen MR) is 101 cm³/mol. The molecule has 0 bridgehead atoms. The maximum atomic E-state index is 12.4. The molecule has 0 spiro atoms. The molecule has 0 aliphatic rings. The van der Waals surface area contributed by atoms with Gasteiger partial charge < -0.3 is 15.2 Å². The van der Waals surface area contributed by atoms with Gasteiger partial charge in [0, 0.05) is 12.1 Å². The Labute approximate surface area is 152 Å². The Morgan fingerprint density at radius 2 is 1.88 bits per heavy atom. The maximum absolute atomic E-state index is 12.4. The number of hydrogen-bond donors (Lipinski definition) is 2. The highest BCUT2D eigenvalue weighted by Crippen LogP contribution is 2.16. The molecule has 0 fully saturated rings. The number of carbonyl (C=O) groups is 2. The van der Waals surface area contributed by atoms with Crippen molar-refractivity contribution in [3.05, 3.63) is 65.5 Å². The molecule has 0 aliphatic heterocycles. The van der Waals surface area contributed by atoms with Gasteiger partial charge in [0.05, 0.1) is 17.6 Å². The lowest BCUT2D eigenvalue weighted by molar-refractivity contribution is -0.121. The quantitative estimate of drug-likeness (QED) is 0.717. The second kappa shape index (κ2) is 7.82. The Kier molecular flexibility index (Phi) is 5.31. The number of nitrogens with one attached hydrogen (secondary N) is 2. The number of imidazole rings is 1. The average Bonchev–Trinajstić information content (AvgIpc) is 2.97. The SMILES string of the molecule is CCNC(=O)Cn1c(CNC(=O)c2cccc(C)c2)nc2ccccc21. The number of para-hydroxylation sites is 2. The fourth-order valence-corrected chi connectivity index (χ4v) is 2.88. The number of rotatable bonds is 6. The normalized spacial score (nSPS) is 10.7. The molecular weight excluding hydrogens is 328 g/mol. The summed E-state index contributed by atoms with van der Waals surface area (Å²) in [7, 11) is 0. The number of aryl methyl sites for hydroxylation is 1. The van der Waals surface area contributed by atoms with E-state index in [0.29, 0.717) is 17.9 Å². The summed E-state index contributed by atoms with van der Waals surface area (Å²) in [6, 6.07) is 15.1. The molecule has 6 heteroatoms. The number of carbonyl (C=O) groups excluding carboxylic acids is 2. The first-order valence-corrected chi connectivity index (χ1v) is 8.64. The lowest BCUT2D eigenvalue weighted by Gasteiger charge is -2.10. The van der Waals surface area contributed by atoms with E-state index in [1.165, 1.54) is 0 Å². The summed E-state index contributed by atoms with van der Waals surface area (Å²) in [6.45, 7) is 4.82. The standard InChI is InChI=1S/C20H22N4O2/c1-3-21-19(25)13-24-17-10-5-4-9-16(17)23-18(24)12-22-20(26)15-8-6-7-14(2)11-15/h4-11H,3,12-13H2,1-2H3,(H,21,25)(H,22,26). The fourth-order valence-electron chi connectivity index (χ4n) is 2.88. The summed E-state index contributed by atoms with van der Waals surface area (Å²) in [5, 5.41) is 5.69. The highest BCUT2D eigenvalue weighted by atomic mass is 16.2. The van der Waals surface area contributed by atoms with E-state index in [1.54, 1.807) is 6.07 Å². The number of benzene rings is 2. The van der Waals surface area contributed by atoms with E-state index in [9.17, 15) is 9.59 Å². The molecule has 1 heterocycles. The van der Waals surface area contributed by atoms with Crippen molar-refractivity contribution in [1.82, 2.24) is 20.2 Å². The van der Waals surface area contributed by atoms with Gasteiger partial charge in [-0.05, 0) is 38.1 Å². The molecule has 1 aromatic heterocycles. The van der Waals surface area contributed by atoms with Crippen molar-refractivity contribution in [3.63, 3.8) is 0 Å². The smallest absolute Gasteiger partial charge is 0.251 e. The molecule has 26 heavy (non-hydrogen) atoms. The van der Waals surface area contributed by atoms with Gasteiger partial charge in [-0.2, -0.15) is 0 Å². The molecule has 2 amide bonds. The summed E-state index contributed by atoms with van der Waals surface area (Å²) in [5.41, 5.74) is 3.31. The van der Waals surface area contributed by atoms with E-state index < -0.39 is 0 Å². The third-order valence-electron chi connectivity index (χ3n) is 4.10. The molecule has 134 valence electrons. The summed E-state index contributed by atoms with van der Waals surface area (Å²) < 4.78 is 1.84. The van der Waals surface area contributed by atoms with Gasteiger partial charge in [-0.1, -0.05) is 29.8 Å². The van der Waals surface area contributed by atoms with Crippen LogP contribution >= 0.6 is 0 Å². The van der Waals surface area contributed by atoms with Crippen LogP contribution in [0.4, 0.5) is 0 Å². The number of nitrogens with zero attached hydrogens (tertiary/aromatic N) is 2. The van der Waals surface area contributed by atoms with Crippen molar-refractivity contribution in [1.29, 1.82) is 0 Å². The monoisotopic (exact) mass is 350 g/mol. The first-order chi connectivity index (χ1) is 12.6. The number of likely N-dealkylation sites (N-methyl/N-ethyl adjacent to an activating group) is 1. The summed E-state index contributed by atoms with van der Waals surface area (Å²) in [4.78, 5) is 29.0. The van der Waals surface area contributed by atoms with Crippen LogP contribution in [0.15, 0.2) is 48.5 Å². The fraction of sp³-hybridized carbons (Fsp3) is 0.250. The Bertz CT molecular complexity index is 946. The lowest BCUT2D eigenvalue weighted by Crippen LogP contribution is -2.29. The zero-order chi connectivity index (χ0) is 18.5. The molecule has 3 rings (SSSR count). The molecule has 3 aromatic rings. The van der Waals surface area contributed by atoms with Gasteiger partial charge in [0.15, 0.2) is 0 Å². The molecule has 2 aromatic carbocycles. The highest BCUT2D eigenvalue weighted by molar-refractivity contribution is 5.94. The van der Waals surface area contributed by atoms with Crippen LogP contribution in [0.25, 0.3) is 11.0 Å². The molecule has 0 atom stereocenters. The van der Waals surface area contributed by atoms with Crippen LogP contribution in [0, 0.1) is 6.92 Å². The Morgan fingerprint density at radius 1 is 1.08 bits per heavy atom. The van der Waals surface area contributed by atoms with Crippen LogP contribution in [0.1, 0.15) is 28.7 Å².